The van der Waals surface area contributed by atoms with Crippen molar-refractivity contribution in [3.05, 3.63) is 65.5 Å². The highest BCUT2D eigenvalue weighted by atomic mass is 19.1. The van der Waals surface area contributed by atoms with E-state index in [2.05, 4.69) is 4.98 Å². The van der Waals surface area contributed by atoms with Crippen LogP contribution in [0.4, 0.5) is 13.6 Å². The smallest absolute Gasteiger partial charge is 0.410 e. The molecule has 0 saturated carbocycles. The van der Waals surface area contributed by atoms with Crippen LogP contribution >= 0.6 is 0 Å². The highest BCUT2D eigenvalue weighted by molar-refractivity contribution is 5.73. The maximum Gasteiger partial charge on any atom is 0.410 e. The lowest BCUT2D eigenvalue weighted by Crippen LogP contribution is -2.39. The maximum absolute atomic E-state index is 13.8. The van der Waals surface area contributed by atoms with Crippen LogP contribution in [0.15, 0.2) is 42.6 Å². The lowest BCUT2D eigenvalue weighted by molar-refractivity contribution is 0.0270. The molecule has 1 aliphatic rings. The molecule has 29 heavy (non-hydrogen) atoms. The van der Waals surface area contributed by atoms with Gasteiger partial charge in [-0.25, -0.2) is 13.6 Å². The average molecular weight is 402 g/mol. The van der Waals surface area contributed by atoms with Gasteiger partial charge in [0.15, 0.2) is 0 Å². The number of carbonyl (C=O) groups excluding carboxylic acids is 1. The minimum absolute atomic E-state index is 0.0396. The summed E-state index contributed by atoms with van der Waals surface area (Å²) in [6.07, 6.45) is 3.82. The number of aromatic nitrogens is 1. The Morgan fingerprint density at radius 2 is 2.03 bits per heavy atom. The van der Waals surface area contributed by atoms with E-state index in [9.17, 15) is 13.6 Å². The summed E-state index contributed by atoms with van der Waals surface area (Å²) in [6.45, 7) is 6.37. The number of amides is 1. The third-order valence-electron chi connectivity index (χ3n) is 4.33. The second kappa shape index (κ2) is 8.59. The number of halogens is 2. The van der Waals surface area contributed by atoms with Crippen molar-refractivity contribution >= 4 is 11.7 Å². The van der Waals surface area contributed by atoms with Gasteiger partial charge in [-0.15, -0.1) is 0 Å². The second-order valence-corrected chi connectivity index (χ2v) is 7.78. The van der Waals surface area contributed by atoms with Crippen molar-refractivity contribution in [1.29, 1.82) is 0 Å². The minimum Gasteiger partial charge on any atom is -0.487 e. The molecule has 0 N–H and O–H groups in total. The van der Waals surface area contributed by atoms with Crippen molar-refractivity contribution in [2.24, 2.45) is 0 Å². The molecule has 5 nitrogen and oxygen atoms in total. The Kier molecular flexibility index (Phi) is 6.15. The van der Waals surface area contributed by atoms with Crippen LogP contribution < -0.4 is 4.74 Å². The molecule has 1 aromatic heterocycles. The zero-order chi connectivity index (χ0) is 21.0. The van der Waals surface area contributed by atoms with Crippen molar-refractivity contribution in [2.45, 2.75) is 39.4 Å². The molecule has 1 aromatic carbocycles. The third-order valence-corrected chi connectivity index (χ3v) is 4.33. The Morgan fingerprint density at radius 3 is 2.69 bits per heavy atom. The van der Waals surface area contributed by atoms with Gasteiger partial charge in [-0.1, -0.05) is 6.08 Å². The fraction of sp³-hybridized carbons (Fsp3) is 0.364. The summed E-state index contributed by atoms with van der Waals surface area (Å²) in [7, 11) is 0. The number of ether oxygens (including phenoxy) is 2. The van der Waals surface area contributed by atoms with E-state index < -0.39 is 17.2 Å². The monoisotopic (exact) mass is 402 g/mol. The van der Waals surface area contributed by atoms with E-state index in [0.717, 1.165) is 11.6 Å². The van der Waals surface area contributed by atoms with Gasteiger partial charge in [0.05, 0.1) is 0 Å². The third kappa shape index (κ3) is 5.53. The molecule has 0 unspecified atom stereocenters. The van der Waals surface area contributed by atoms with Crippen LogP contribution in [0.3, 0.4) is 0 Å². The first-order valence-corrected chi connectivity index (χ1v) is 9.42. The predicted octanol–water partition coefficient (Wildman–Crippen LogP) is 4.96. The average Bonchev–Trinajstić information content (AvgIpc) is 2.66. The molecule has 154 valence electrons. The maximum atomic E-state index is 13.8. The van der Waals surface area contributed by atoms with E-state index in [1.807, 2.05) is 26.8 Å². The minimum atomic E-state index is -0.652. The van der Waals surface area contributed by atoms with Gasteiger partial charge in [0.25, 0.3) is 0 Å². The van der Waals surface area contributed by atoms with Crippen molar-refractivity contribution in [3.8, 4) is 5.75 Å². The summed E-state index contributed by atoms with van der Waals surface area (Å²) in [4.78, 5) is 18.2. The summed E-state index contributed by atoms with van der Waals surface area (Å²) >= 11 is 0. The van der Waals surface area contributed by atoms with E-state index in [4.69, 9.17) is 9.47 Å². The van der Waals surface area contributed by atoms with E-state index in [-0.39, 0.29) is 18.3 Å². The highest BCUT2D eigenvalue weighted by Crippen LogP contribution is 2.29. The number of hydrogen-bond acceptors (Lipinski definition) is 4. The molecule has 3 rings (SSSR count). The normalized spacial score (nSPS) is 14.4. The van der Waals surface area contributed by atoms with Crippen molar-refractivity contribution in [3.63, 3.8) is 0 Å². The molecular formula is C22H24F2N2O3. The number of nitrogens with zero attached hydrogens (tertiary/aromatic N) is 2. The zero-order valence-corrected chi connectivity index (χ0v) is 16.7. The Morgan fingerprint density at radius 1 is 1.24 bits per heavy atom. The van der Waals surface area contributed by atoms with Crippen molar-refractivity contribution in [2.75, 3.05) is 13.1 Å². The van der Waals surface area contributed by atoms with Gasteiger partial charge >= 0.3 is 6.09 Å². The van der Waals surface area contributed by atoms with Crippen LogP contribution in [0.2, 0.25) is 0 Å². The first-order chi connectivity index (χ1) is 13.7. The Hall–Kier alpha value is -2.96. The number of rotatable bonds is 4. The van der Waals surface area contributed by atoms with Crippen LogP contribution in [-0.4, -0.2) is 34.7 Å². The largest absolute Gasteiger partial charge is 0.487 e. The van der Waals surface area contributed by atoms with E-state index in [0.29, 0.717) is 31.0 Å². The van der Waals surface area contributed by atoms with Gasteiger partial charge in [0.2, 0.25) is 0 Å². The summed E-state index contributed by atoms with van der Waals surface area (Å²) in [5, 5.41) is 0. The standard InChI is InChI=1S/C22H24F2N2O3/c1-22(2,3)29-21(27)26-11-8-15(9-12-26)20-19(5-4-10-25-20)28-14-16-6-7-17(23)13-18(16)24/h4-8,10,13H,9,11-12,14H2,1-3H3. The lowest BCUT2D eigenvalue weighted by atomic mass is 10.0. The predicted molar refractivity (Wildman–Crippen MR) is 105 cm³/mol. The molecular weight excluding hydrogens is 378 g/mol. The molecule has 0 fully saturated rings. The van der Waals surface area contributed by atoms with Crippen LogP contribution in [0, 0.1) is 11.6 Å². The fourth-order valence-electron chi connectivity index (χ4n) is 2.92. The van der Waals surface area contributed by atoms with E-state index in [1.54, 1.807) is 23.2 Å². The lowest BCUT2D eigenvalue weighted by Gasteiger charge is -2.29. The number of pyridine rings is 1. The number of carbonyl (C=O) groups is 1. The fourth-order valence-corrected chi connectivity index (χ4v) is 2.92. The number of benzene rings is 1. The first kappa shape index (κ1) is 20.8. The van der Waals surface area contributed by atoms with Crippen LogP contribution in [-0.2, 0) is 11.3 Å². The van der Waals surface area contributed by atoms with Gasteiger partial charge in [0.1, 0.15) is 35.3 Å². The Bertz CT molecular complexity index is 923. The summed E-state index contributed by atoms with van der Waals surface area (Å²) in [5.74, 6) is -0.774. The van der Waals surface area contributed by atoms with Gasteiger partial charge in [0, 0.05) is 30.9 Å². The molecule has 7 heteroatoms. The summed E-state index contributed by atoms with van der Waals surface area (Å²) < 4.78 is 38.1. The van der Waals surface area contributed by atoms with Crippen LogP contribution in [0.5, 0.6) is 5.75 Å². The molecule has 2 aromatic rings. The molecule has 0 aliphatic carbocycles. The number of hydrogen-bond donors (Lipinski definition) is 0. The Balaban J connectivity index is 1.70. The van der Waals surface area contributed by atoms with Gasteiger partial charge in [-0.2, -0.15) is 0 Å². The van der Waals surface area contributed by atoms with Gasteiger partial charge in [-0.05, 0) is 57.0 Å². The van der Waals surface area contributed by atoms with E-state index >= 15 is 0 Å². The topological polar surface area (TPSA) is 51.7 Å². The Labute approximate surface area is 169 Å². The summed E-state index contributed by atoms with van der Waals surface area (Å²) in [6, 6.07) is 6.87. The van der Waals surface area contributed by atoms with Crippen LogP contribution in [0.25, 0.3) is 5.57 Å². The highest BCUT2D eigenvalue weighted by Gasteiger charge is 2.25. The van der Waals surface area contributed by atoms with E-state index in [1.165, 1.54) is 12.1 Å². The second-order valence-electron chi connectivity index (χ2n) is 7.78. The van der Waals surface area contributed by atoms with Gasteiger partial charge < -0.3 is 14.4 Å². The molecule has 0 radical (unpaired) electrons. The molecule has 2 heterocycles. The zero-order valence-electron chi connectivity index (χ0n) is 16.7. The quantitative estimate of drug-likeness (QED) is 0.725. The van der Waals surface area contributed by atoms with Gasteiger partial charge in [-0.3, -0.25) is 4.98 Å². The first-order valence-electron chi connectivity index (χ1n) is 9.42. The summed E-state index contributed by atoms with van der Waals surface area (Å²) in [5.41, 5.74) is 1.31. The molecule has 0 saturated heterocycles. The van der Waals surface area contributed by atoms with Crippen molar-refractivity contribution < 1.29 is 23.0 Å². The molecule has 1 amide bonds. The molecule has 0 spiro atoms. The van der Waals surface area contributed by atoms with Crippen LogP contribution in [0.1, 0.15) is 38.4 Å². The molecule has 1 aliphatic heterocycles. The SMILES string of the molecule is CC(C)(C)OC(=O)N1CC=C(c2ncccc2OCc2ccc(F)cc2F)CC1. The van der Waals surface area contributed by atoms with Crippen molar-refractivity contribution in [1.82, 2.24) is 9.88 Å². The molecule has 0 bridgehead atoms. The molecule has 0 atom stereocenters.